The molecule has 0 aliphatic carbocycles. The highest BCUT2D eigenvalue weighted by atomic mass is 35.5. The highest BCUT2D eigenvalue weighted by Gasteiger charge is 2.25. The van der Waals surface area contributed by atoms with Crippen molar-refractivity contribution < 1.29 is 0 Å². The summed E-state index contributed by atoms with van der Waals surface area (Å²) in [6.07, 6.45) is 2.15. The molecular weight excluding hydrogens is 436 g/mol. The first-order valence-corrected chi connectivity index (χ1v) is 11.5. The summed E-state index contributed by atoms with van der Waals surface area (Å²) in [5.74, 6) is 0. The van der Waals surface area contributed by atoms with Gasteiger partial charge in [0.2, 0.25) is 0 Å². The van der Waals surface area contributed by atoms with Crippen LogP contribution >= 0.6 is 11.6 Å². The minimum absolute atomic E-state index is 0.124. The van der Waals surface area contributed by atoms with Gasteiger partial charge in [-0.1, -0.05) is 23.7 Å². The van der Waals surface area contributed by atoms with Crippen LogP contribution in [-0.2, 0) is 20.1 Å². The molecule has 8 heteroatoms. The molecule has 1 aliphatic rings. The van der Waals surface area contributed by atoms with E-state index in [1.54, 1.807) is 19.2 Å². The summed E-state index contributed by atoms with van der Waals surface area (Å²) < 4.78 is 3.74. The molecule has 0 amide bonds. The number of aromatic nitrogens is 3. The van der Waals surface area contributed by atoms with Crippen LogP contribution in [0.4, 0.5) is 5.69 Å². The number of hydrogen-bond acceptors (Lipinski definition) is 5. The van der Waals surface area contributed by atoms with E-state index in [0.29, 0.717) is 35.0 Å². The van der Waals surface area contributed by atoms with Crippen LogP contribution < -0.4 is 10.5 Å². The van der Waals surface area contributed by atoms with Crippen molar-refractivity contribution in [2.45, 2.75) is 20.0 Å². The lowest BCUT2D eigenvalue weighted by atomic mass is 10.1. The standard InChI is InChI=1S/C25H25ClN6O/c1-3-31-10-9-18-17(5-4-6-20(18)31)16-30-11-13-32(14-12-30)24-19(15-27)25(33)29(2)21-7-8-22(26)28-23(21)24/h4-10H,3,11-14,16H2,1-2H3. The highest BCUT2D eigenvalue weighted by Crippen LogP contribution is 2.29. The van der Waals surface area contributed by atoms with Gasteiger partial charge >= 0.3 is 0 Å². The van der Waals surface area contributed by atoms with Gasteiger partial charge in [-0.25, -0.2) is 4.98 Å². The fraction of sp³-hybridized carbons (Fsp3) is 0.320. The second kappa shape index (κ2) is 8.54. The predicted octanol–water partition coefficient (Wildman–Crippen LogP) is 3.76. The van der Waals surface area contributed by atoms with Gasteiger partial charge in [-0.05, 0) is 36.8 Å². The fourth-order valence-electron chi connectivity index (χ4n) is 4.85. The summed E-state index contributed by atoms with van der Waals surface area (Å²) in [6.45, 7) is 7.04. The van der Waals surface area contributed by atoms with E-state index >= 15 is 0 Å². The molecule has 1 aliphatic heterocycles. The lowest BCUT2D eigenvalue weighted by molar-refractivity contribution is 0.251. The molecule has 5 rings (SSSR count). The number of piperazine rings is 1. The van der Waals surface area contributed by atoms with E-state index in [1.165, 1.54) is 21.0 Å². The van der Waals surface area contributed by atoms with E-state index < -0.39 is 0 Å². The summed E-state index contributed by atoms with van der Waals surface area (Å²) in [6, 6.07) is 14.3. The van der Waals surface area contributed by atoms with E-state index in [4.69, 9.17) is 11.6 Å². The number of rotatable bonds is 4. The number of fused-ring (bicyclic) bond motifs is 2. The Morgan fingerprint density at radius 3 is 2.61 bits per heavy atom. The topological polar surface area (TPSA) is 70.1 Å². The number of nitrogens with zero attached hydrogens (tertiary/aromatic N) is 6. The van der Waals surface area contributed by atoms with Crippen LogP contribution in [0.15, 0.2) is 47.4 Å². The van der Waals surface area contributed by atoms with Crippen LogP contribution in [0.5, 0.6) is 0 Å². The van der Waals surface area contributed by atoms with Crippen molar-refractivity contribution >= 4 is 39.2 Å². The van der Waals surface area contributed by atoms with Gasteiger partial charge in [0.25, 0.3) is 5.56 Å². The van der Waals surface area contributed by atoms with Crippen molar-refractivity contribution in [2.24, 2.45) is 7.05 Å². The number of nitriles is 1. The Hall–Kier alpha value is -3.34. The van der Waals surface area contributed by atoms with E-state index in [-0.39, 0.29) is 11.1 Å². The molecule has 0 radical (unpaired) electrons. The molecule has 0 spiro atoms. The maximum atomic E-state index is 12.9. The van der Waals surface area contributed by atoms with Crippen molar-refractivity contribution in [3.63, 3.8) is 0 Å². The predicted molar refractivity (Wildman–Crippen MR) is 132 cm³/mol. The molecule has 1 saturated heterocycles. The first-order valence-electron chi connectivity index (χ1n) is 11.1. The molecule has 0 N–H and O–H groups in total. The lowest BCUT2D eigenvalue weighted by Crippen LogP contribution is -2.47. The maximum absolute atomic E-state index is 12.9. The number of pyridine rings is 2. The first kappa shape index (κ1) is 21.5. The summed E-state index contributed by atoms with van der Waals surface area (Å²) in [7, 11) is 1.66. The molecule has 0 unspecified atom stereocenters. The molecular formula is C25H25ClN6O. The number of anilines is 1. The molecule has 7 nitrogen and oxygen atoms in total. The van der Waals surface area contributed by atoms with Crippen molar-refractivity contribution in [1.82, 2.24) is 19.0 Å². The van der Waals surface area contributed by atoms with Gasteiger partial charge in [0.1, 0.15) is 22.3 Å². The van der Waals surface area contributed by atoms with E-state index in [0.717, 1.165) is 26.2 Å². The van der Waals surface area contributed by atoms with E-state index in [2.05, 4.69) is 62.8 Å². The van der Waals surface area contributed by atoms with E-state index in [1.807, 2.05) is 0 Å². The summed E-state index contributed by atoms with van der Waals surface area (Å²) in [5, 5.41) is 11.4. The Morgan fingerprint density at radius 1 is 1.09 bits per heavy atom. The van der Waals surface area contributed by atoms with Crippen LogP contribution in [0, 0.1) is 11.3 Å². The largest absolute Gasteiger partial charge is 0.366 e. The van der Waals surface area contributed by atoms with Gasteiger partial charge in [0.05, 0.1) is 11.2 Å². The zero-order valence-electron chi connectivity index (χ0n) is 18.8. The minimum atomic E-state index is -0.307. The lowest BCUT2D eigenvalue weighted by Gasteiger charge is -2.36. The first-order chi connectivity index (χ1) is 16.0. The smallest absolute Gasteiger partial charge is 0.270 e. The van der Waals surface area contributed by atoms with Gasteiger partial charge in [0.15, 0.2) is 0 Å². The van der Waals surface area contributed by atoms with Gasteiger partial charge in [-0.3, -0.25) is 9.69 Å². The maximum Gasteiger partial charge on any atom is 0.270 e. The monoisotopic (exact) mass is 460 g/mol. The SMILES string of the molecule is CCn1ccc2c(CN3CCN(c4c(C#N)c(=O)n(C)c5ccc(Cl)nc45)CC3)cccc21. The van der Waals surface area contributed by atoms with E-state index in [9.17, 15) is 10.1 Å². The van der Waals surface area contributed by atoms with Crippen LogP contribution in [0.2, 0.25) is 5.15 Å². The molecule has 0 atom stereocenters. The van der Waals surface area contributed by atoms with Crippen molar-refractivity contribution in [3.8, 4) is 6.07 Å². The number of aryl methyl sites for hydroxylation is 2. The second-order valence-corrected chi connectivity index (χ2v) is 8.80. The molecule has 1 fully saturated rings. The molecule has 168 valence electrons. The average molecular weight is 461 g/mol. The molecule has 4 heterocycles. The molecule has 3 aromatic heterocycles. The Bertz CT molecular complexity index is 1460. The summed E-state index contributed by atoms with van der Waals surface area (Å²) in [5.41, 5.74) is 4.27. The molecule has 4 aromatic rings. The van der Waals surface area contributed by atoms with Gasteiger partial charge in [-0.2, -0.15) is 5.26 Å². The summed E-state index contributed by atoms with van der Waals surface area (Å²) in [4.78, 5) is 21.9. The third-order valence-electron chi connectivity index (χ3n) is 6.62. The third kappa shape index (κ3) is 3.65. The molecule has 0 bridgehead atoms. The zero-order chi connectivity index (χ0) is 23.1. The zero-order valence-corrected chi connectivity index (χ0v) is 19.5. The highest BCUT2D eigenvalue weighted by molar-refractivity contribution is 6.29. The average Bonchev–Trinajstić information content (AvgIpc) is 3.26. The Balaban J connectivity index is 1.43. The van der Waals surface area contributed by atoms with Crippen LogP contribution in [0.25, 0.3) is 21.9 Å². The fourth-order valence-corrected chi connectivity index (χ4v) is 5.00. The summed E-state index contributed by atoms with van der Waals surface area (Å²) >= 11 is 6.18. The van der Waals surface area contributed by atoms with Crippen molar-refractivity contribution in [3.05, 3.63) is 69.2 Å². The van der Waals surface area contributed by atoms with Crippen molar-refractivity contribution in [2.75, 3.05) is 31.1 Å². The van der Waals surface area contributed by atoms with Crippen LogP contribution in [0.3, 0.4) is 0 Å². The van der Waals surface area contributed by atoms with Crippen LogP contribution in [0.1, 0.15) is 18.1 Å². The molecule has 33 heavy (non-hydrogen) atoms. The number of hydrogen-bond donors (Lipinski definition) is 0. The van der Waals surface area contributed by atoms with Gasteiger partial charge in [0, 0.05) is 63.4 Å². The normalized spacial score (nSPS) is 14.8. The third-order valence-corrected chi connectivity index (χ3v) is 6.83. The minimum Gasteiger partial charge on any atom is -0.366 e. The van der Waals surface area contributed by atoms with Gasteiger partial charge < -0.3 is 14.0 Å². The second-order valence-electron chi connectivity index (χ2n) is 8.42. The Morgan fingerprint density at radius 2 is 1.88 bits per heavy atom. The van der Waals surface area contributed by atoms with Crippen LogP contribution in [-0.4, -0.2) is 45.2 Å². The van der Waals surface area contributed by atoms with Crippen molar-refractivity contribution in [1.29, 1.82) is 5.26 Å². The molecule has 0 saturated carbocycles. The quantitative estimate of drug-likeness (QED) is 0.434. The van der Waals surface area contributed by atoms with Gasteiger partial charge in [-0.15, -0.1) is 0 Å². The number of halogens is 1. The number of benzene rings is 1. The Kier molecular flexibility index (Phi) is 5.57. The molecule has 1 aromatic carbocycles. The Labute approximate surface area is 197 Å².